The zero-order chi connectivity index (χ0) is 13.4. The molecule has 98 valence electrons. The predicted molar refractivity (Wildman–Crippen MR) is 72.7 cm³/mol. The van der Waals surface area contributed by atoms with E-state index in [1.165, 1.54) is 6.33 Å². The van der Waals surface area contributed by atoms with Crippen molar-refractivity contribution in [1.29, 1.82) is 0 Å². The van der Waals surface area contributed by atoms with Crippen molar-refractivity contribution >= 4 is 11.7 Å². The quantitative estimate of drug-likeness (QED) is 0.745. The van der Waals surface area contributed by atoms with Crippen LogP contribution in [0.25, 0.3) is 0 Å². The molecular weight excluding hydrogens is 228 g/mol. The summed E-state index contributed by atoms with van der Waals surface area (Å²) in [6.07, 6.45) is 5.27. The van der Waals surface area contributed by atoms with Gasteiger partial charge in [0.15, 0.2) is 0 Å². The van der Waals surface area contributed by atoms with E-state index in [1.54, 1.807) is 12.1 Å². The van der Waals surface area contributed by atoms with Crippen LogP contribution in [0, 0.1) is 0 Å². The molecule has 1 aromatic heterocycles. The fourth-order valence-corrected chi connectivity index (χ4v) is 1.45. The van der Waals surface area contributed by atoms with E-state index < -0.39 is 0 Å². The SMILES string of the molecule is C=CCNC(=O)c1cc(N(C)CCCC)ncn1. The second-order valence-electron chi connectivity index (χ2n) is 4.04. The summed E-state index contributed by atoms with van der Waals surface area (Å²) in [6, 6.07) is 1.70. The summed E-state index contributed by atoms with van der Waals surface area (Å²) in [7, 11) is 1.96. The molecule has 0 bridgehead atoms. The van der Waals surface area contributed by atoms with E-state index in [0.717, 1.165) is 25.2 Å². The molecule has 18 heavy (non-hydrogen) atoms. The van der Waals surface area contributed by atoms with Gasteiger partial charge in [-0.3, -0.25) is 4.79 Å². The molecule has 1 aromatic rings. The second kappa shape index (κ2) is 7.42. The van der Waals surface area contributed by atoms with Crippen molar-refractivity contribution in [3.8, 4) is 0 Å². The highest BCUT2D eigenvalue weighted by Gasteiger charge is 2.09. The van der Waals surface area contributed by atoms with Crippen LogP contribution in [0.1, 0.15) is 30.3 Å². The molecule has 5 heteroatoms. The fraction of sp³-hybridized carbons (Fsp3) is 0.462. The zero-order valence-corrected chi connectivity index (χ0v) is 11.0. The van der Waals surface area contributed by atoms with Crippen molar-refractivity contribution in [2.75, 3.05) is 25.0 Å². The normalized spacial score (nSPS) is 9.89. The van der Waals surface area contributed by atoms with Crippen molar-refractivity contribution in [2.24, 2.45) is 0 Å². The first-order valence-electron chi connectivity index (χ1n) is 6.11. The van der Waals surface area contributed by atoms with E-state index in [0.29, 0.717) is 12.2 Å². The topological polar surface area (TPSA) is 58.1 Å². The van der Waals surface area contributed by atoms with E-state index in [1.807, 2.05) is 11.9 Å². The van der Waals surface area contributed by atoms with Crippen LogP contribution < -0.4 is 10.2 Å². The van der Waals surface area contributed by atoms with Gasteiger partial charge in [0.25, 0.3) is 5.91 Å². The Morgan fingerprint density at radius 2 is 2.33 bits per heavy atom. The summed E-state index contributed by atoms with van der Waals surface area (Å²) in [4.78, 5) is 21.9. The highest BCUT2D eigenvalue weighted by molar-refractivity contribution is 5.92. The van der Waals surface area contributed by atoms with Gasteiger partial charge in [-0.15, -0.1) is 6.58 Å². The van der Waals surface area contributed by atoms with Crippen molar-refractivity contribution in [1.82, 2.24) is 15.3 Å². The van der Waals surface area contributed by atoms with Gasteiger partial charge >= 0.3 is 0 Å². The van der Waals surface area contributed by atoms with Crippen LogP contribution in [0.15, 0.2) is 25.0 Å². The first-order valence-corrected chi connectivity index (χ1v) is 6.11. The second-order valence-corrected chi connectivity index (χ2v) is 4.04. The molecule has 0 saturated heterocycles. The highest BCUT2D eigenvalue weighted by atomic mass is 16.1. The molecule has 1 amide bonds. The summed E-state index contributed by atoms with van der Waals surface area (Å²) < 4.78 is 0. The lowest BCUT2D eigenvalue weighted by Gasteiger charge is -2.17. The molecule has 0 aliphatic carbocycles. The lowest BCUT2D eigenvalue weighted by Crippen LogP contribution is -2.25. The summed E-state index contributed by atoms with van der Waals surface area (Å²) in [5.41, 5.74) is 0.380. The van der Waals surface area contributed by atoms with E-state index in [-0.39, 0.29) is 5.91 Å². The van der Waals surface area contributed by atoms with Crippen molar-refractivity contribution < 1.29 is 4.79 Å². The molecule has 0 aliphatic rings. The van der Waals surface area contributed by atoms with Gasteiger partial charge < -0.3 is 10.2 Å². The highest BCUT2D eigenvalue weighted by Crippen LogP contribution is 2.09. The Bertz CT molecular complexity index is 406. The molecule has 0 aliphatic heterocycles. The summed E-state index contributed by atoms with van der Waals surface area (Å²) in [6.45, 7) is 7.04. The molecule has 0 aromatic carbocycles. The number of aromatic nitrogens is 2. The van der Waals surface area contributed by atoms with E-state index in [9.17, 15) is 4.79 Å². The van der Waals surface area contributed by atoms with Gasteiger partial charge in [-0.05, 0) is 6.42 Å². The lowest BCUT2D eigenvalue weighted by molar-refractivity contribution is 0.0953. The minimum Gasteiger partial charge on any atom is -0.360 e. The van der Waals surface area contributed by atoms with Crippen LogP contribution >= 0.6 is 0 Å². The maximum atomic E-state index is 11.7. The standard InChI is InChI=1S/C13H20N4O/c1-4-6-8-17(3)12-9-11(15-10-16-12)13(18)14-7-5-2/h5,9-10H,2,4,6-8H2,1,3H3,(H,14,18). The third-order valence-corrected chi connectivity index (χ3v) is 2.53. The molecular formula is C13H20N4O. The smallest absolute Gasteiger partial charge is 0.270 e. The number of anilines is 1. The Kier molecular flexibility index (Phi) is 5.84. The Labute approximate surface area is 108 Å². The van der Waals surface area contributed by atoms with Crippen LogP contribution in [-0.4, -0.2) is 36.0 Å². The molecule has 0 atom stereocenters. The molecule has 0 radical (unpaired) electrons. The average molecular weight is 248 g/mol. The first kappa shape index (κ1) is 14.2. The Balaban J connectivity index is 2.72. The van der Waals surface area contributed by atoms with Gasteiger partial charge in [0, 0.05) is 26.2 Å². The van der Waals surface area contributed by atoms with Crippen molar-refractivity contribution in [3.63, 3.8) is 0 Å². The Morgan fingerprint density at radius 1 is 1.56 bits per heavy atom. The predicted octanol–water partition coefficient (Wildman–Crippen LogP) is 1.63. The van der Waals surface area contributed by atoms with Crippen LogP contribution in [-0.2, 0) is 0 Å². The lowest BCUT2D eigenvalue weighted by atomic mass is 10.3. The molecule has 5 nitrogen and oxygen atoms in total. The monoisotopic (exact) mass is 248 g/mol. The third-order valence-electron chi connectivity index (χ3n) is 2.53. The molecule has 1 N–H and O–H groups in total. The molecule has 1 heterocycles. The Morgan fingerprint density at radius 3 is 3.00 bits per heavy atom. The zero-order valence-electron chi connectivity index (χ0n) is 11.0. The minimum atomic E-state index is -0.206. The van der Waals surface area contributed by atoms with Gasteiger partial charge in [-0.1, -0.05) is 19.4 Å². The van der Waals surface area contributed by atoms with Crippen LogP contribution in [0.4, 0.5) is 5.82 Å². The summed E-state index contributed by atoms with van der Waals surface area (Å²) in [5.74, 6) is 0.560. The van der Waals surface area contributed by atoms with Crippen molar-refractivity contribution in [2.45, 2.75) is 19.8 Å². The fourth-order valence-electron chi connectivity index (χ4n) is 1.45. The van der Waals surface area contributed by atoms with Gasteiger partial charge in [0.05, 0.1) is 0 Å². The molecule has 0 fully saturated rings. The van der Waals surface area contributed by atoms with Crippen LogP contribution in [0.2, 0.25) is 0 Å². The van der Waals surface area contributed by atoms with Crippen molar-refractivity contribution in [3.05, 3.63) is 30.7 Å². The van der Waals surface area contributed by atoms with Gasteiger partial charge in [-0.25, -0.2) is 9.97 Å². The minimum absolute atomic E-state index is 0.206. The number of unbranched alkanes of at least 4 members (excludes halogenated alkanes) is 1. The summed E-state index contributed by atoms with van der Waals surface area (Å²) >= 11 is 0. The summed E-state index contributed by atoms with van der Waals surface area (Å²) in [5, 5.41) is 2.69. The van der Waals surface area contributed by atoms with Crippen LogP contribution in [0.3, 0.4) is 0 Å². The number of carbonyl (C=O) groups excluding carboxylic acids is 1. The number of nitrogens with one attached hydrogen (secondary N) is 1. The maximum absolute atomic E-state index is 11.7. The largest absolute Gasteiger partial charge is 0.360 e. The van der Waals surface area contributed by atoms with E-state index in [2.05, 4.69) is 28.8 Å². The van der Waals surface area contributed by atoms with Crippen LogP contribution in [0.5, 0.6) is 0 Å². The number of hydrogen-bond acceptors (Lipinski definition) is 4. The number of rotatable bonds is 7. The number of carbonyl (C=O) groups is 1. The molecule has 0 saturated carbocycles. The molecule has 0 spiro atoms. The number of hydrogen-bond donors (Lipinski definition) is 1. The van der Waals surface area contributed by atoms with Gasteiger partial charge in [0.1, 0.15) is 17.8 Å². The molecule has 0 unspecified atom stereocenters. The van der Waals surface area contributed by atoms with E-state index >= 15 is 0 Å². The average Bonchev–Trinajstić information content (AvgIpc) is 2.42. The first-order chi connectivity index (χ1) is 8.69. The van der Waals surface area contributed by atoms with E-state index in [4.69, 9.17) is 0 Å². The molecule has 1 rings (SSSR count). The Hall–Kier alpha value is -1.91. The number of nitrogens with zero attached hydrogens (tertiary/aromatic N) is 3. The maximum Gasteiger partial charge on any atom is 0.270 e. The van der Waals surface area contributed by atoms with Gasteiger partial charge in [-0.2, -0.15) is 0 Å². The van der Waals surface area contributed by atoms with Gasteiger partial charge in [0.2, 0.25) is 0 Å². The number of amides is 1. The third kappa shape index (κ3) is 4.16.